The molecule has 4 rings (SSSR count). The van der Waals surface area contributed by atoms with E-state index in [-0.39, 0.29) is 17.0 Å². The number of ether oxygens (including phenoxy) is 1. The van der Waals surface area contributed by atoms with Gasteiger partial charge in [0.05, 0.1) is 16.9 Å². The number of esters is 1. The molecule has 0 amide bonds. The van der Waals surface area contributed by atoms with Gasteiger partial charge < -0.3 is 4.74 Å². The van der Waals surface area contributed by atoms with E-state index >= 15 is 0 Å². The number of carbonyl (C=O) groups is 1. The number of hydrogen-bond acceptors (Lipinski definition) is 5. The lowest BCUT2D eigenvalue weighted by atomic mass is 9.89. The molecule has 2 heterocycles. The van der Waals surface area contributed by atoms with E-state index in [1.807, 2.05) is 39.0 Å². The second-order valence-corrected chi connectivity index (χ2v) is 10.4. The van der Waals surface area contributed by atoms with Crippen molar-refractivity contribution in [3.05, 3.63) is 47.3 Å². The number of nitriles is 1. The molecular formula is C27H29F3N4O2. The van der Waals surface area contributed by atoms with Gasteiger partial charge in [-0.3, -0.25) is 4.79 Å². The lowest BCUT2D eigenvalue weighted by Crippen LogP contribution is -2.23. The van der Waals surface area contributed by atoms with Crippen molar-refractivity contribution in [2.75, 3.05) is 0 Å². The van der Waals surface area contributed by atoms with E-state index in [1.165, 1.54) is 13.2 Å². The number of unbranched alkanes of at least 4 members (excludes halogenated alkanes) is 1. The van der Waals surface area contributed by atoms with Crippen molar-refractivity contribution in [3.8, 4) is 17.2 Å². The quantitative estimate of drug-likeness (QED) is 0.284. The van der Waals surface area contributed by atoms with Gasteiger partial charge in [0.25, 0.3) is 0 Å². The Labute approximate surface area is 208 Å². The Kier molecular flexibility index (Phi) is 6.58. The summed E-state index contributed by atoms with van der Waals surface area (Å²) in [6, 6.07) is 9.61. The van der Waals surface area contributed by atoms with Crippen LogP contribution >= 0.6 is 0 Å². The molecule has 0 atom stereocenters. The summed E-state index contributed by atoms with van der Waals surface area (Å²) in [5.41, 5.74) is 0.734. The highest BCUT2D eigenvalue weighted by molar-refractivity contribution is 5.95. The van der Waals surface area contributed by atoms with Gasteiger partial charge in [-0.2, -0.15) is 23.5 Å². The topological polar surface area (TPSA) is 80.8 Å². The first kappa shape index (κ1) is 25.7. The summed E-state index contributed by atoms with van der Waals surface area (Å²) in [5, 5.41) is 13.4. The molecule has 0 bridgehead atoms. The Morgan fingerprint density at radius 1 is 1.19 bits per heavy atom. The van der Waals surface area contributed by atoms with Crippen LogP contribution in [0.3, 0.4) is 0 Å². The van der Waals surface area contributed by atoms with Crippen LogP contribution in [-0.4, -0.2) is 26.3 Å². The van der Waals surface area contributed by atoms with E-state index in [9.17, 15) is 23.2 Å². The van der Waals surface area contributed by atoms with E-state index in [2.05, 4.69) is 16.2 Å². The minimum Gasteiger partial charge on any atom is -0.460 e. The average molecular weight is 499 g/mol. The summed E-state index contributed by atoms with van der Waals surface area (Å²) in [6.07, 6.45) is 0.523. The van der Waals surface area contributed by atoms with E-state index in [1.54, 1.807) is 6.07 Å². The maximum atomic E-state index is 13.8. The number of nitrogens with zero attached hydrogens (tertiary/aromatic N) is 4. The van der Waals surface area contributed by atoms with Gasteiger partial charge in [0.15, 0.2) is 11.3 Å². The number of hydrogen-bond donors (Lipinski definition) is 0. The number of alkyl halides is 3. The molecular weight excluding hydrogens is 469 g/mol. The van der Waals surface area contributed by atoms with E-state index in [4.69, 9.17) is 4.74 Å². The molecule has 0 unspecified atom stereocenters. The smallest absolute Gasteiger partial charge is 0.435 e. The molecule has 0 spiro atoms. The fraction of sp³-hybridized carbons (Fsp3) is 0.481. The molecule has 36 heavy (non-hydrogen) atoms. The van der Waals surface area contributed by atoms with Crippen LogP contribution in [0.2, 0.25) is 0 Å². The second kappa shape index (κ2) is 9.23. The maximum Gasteiger partial charge on any atom is 0.435 e. The number of rotatable bonds is 7. The average Bonchev–Trinajstić information content (AvgIpc) is 3.52. The number of fused-ring (bicyclic) bond motifs is 1. The second-order valence-electron chi connectivity index (χ2n) is 10.4. The molecule has 2 aromatic heterocycles. The van der Waals surface area contributed by atoms with E-state index < -0.39 is 22.9 Å². The molecule has 0 aliphatic heterocycles. The van der Waals surface area contributed by atoms with Gasteiger partial charge >= 0.3 is 12.1 Å². The summed E-state index contributed by atoms with van der Waals surface area (Å²) in [6.45, 7) is 5.47. The molecule has 190 valence electrons. The summed E-state index contributed by atoms with van der Waals surface area (Å²) in [5.74, 6) is -0.256. The number of aromatic nitrogens is 3. The molecule has 1 aliphatic carbocycles. The number of aryl methyl sites for hydroxylation is 2. The highest BCUT2D eigenvalue weighted by atomic mass is 19.4. The van der Waals surface area contributed by atoms with Crippen molar-refractivity contribution in [3.63, 3.8) is 0 Å². The van der Waals surface area contributed by atoms with Crippen LogP contribution in [0, 0.1) is 11.3 Å². The molecule has 0 radical (unpaired) electrons. The van der Waals surface area contributed by atoms with Crippen LogP contribution in [0.25, 0.3) is 22.2 Å². The molecule has 1 fully saturated rings. The molecule has 3 aromatic rings. The Hall–Kier alpha value is -3.41. The van der Waals surface area contributed by atoms with Gasteiger partial charge in [-0.1, -0.05) is 12.1 Å². The largest absolute Gasteiger partial charge is 0.460 e. The summed E-state index contributed by atoms with van der Waals surface area (Å²) >= 11 is 0. The minimum absolute atomic E-state index is 0.0534. The molecule has 6 nitrogen and oxygen atoms in total. The van der Waals surface area contributed by atoms with Gasteiger partial charge in [0.1, 0.15) is 5.60 Å². The lowest BCUT2D eigenvalue weighted by Gasteiger charge is -2.19. The van der Waals surface area contributed by atoms with Crippen molar-refractivity contribution >= 4 is 17.0 Å². The van der Waals surface area contributed by atoms with Gasteiger partial charge in [0.2, 0.25) is 0 Å². The number of pyridine rings is 1. The van der Waals surface area contributed by atoms with Crippen molar-refractivity contribution in [2.24, 2.45) is 7.05 Å². The van der Waals surface area contributed by atoms with E-state index in [0.717, 1.165) is 28.7 Å². The first-order chi connectivity index (χ1) is 16.8. The summed E-state index contributed by atoms with van der Waals surface area (Å²) in [4.78, 5) is 16.1. The van der Waals surface area contributed by atoms with Crippen molar-refractivity contribution in [2.45, 2.75) is 76.5 Å². The Bertz CT molecular complexity index is 1340. The third kappa shape index (κ3) is 5.38. The summed E-state index contributed by atoms with van der Waals surface area (Å²) < 4.78 is 48.0. The number of benzene rings is 1. The molecule has 1 saturated carbocycles. The van der Waals surface area contributed by atoms with Crippen LogP contribution in [0.5, 0.6) is 0 Å². The fourth-order valence-electron chi connectivity index (χ4n) is 4.47. The standard InChI is InChI=1S/C27H29F3N4O2/c1-25(2,3)36-21(35)8-6-5-7-17-13-18(15-19(14-17)26(16-31)10-11-26)20-9-12-32-24-22(20)23(27(28,29)30)33-34(24)4/h9,12-15H,5-8,10-11H2,1-4H3. The van der Waals surface area contributed by atoms with Crippen LogP contribution < -0.4 is 0 Å². The van der Waals surface area contributed by atoms with Gasteiger partial charge in [-0.05, 0) is 87.3 Å². The minimum atomic E-state index is -4.64. The highest BCUT2D eigenvalue weighted by Crippen LogP contribution is 2.49. The van der Waals surface area contributed by atoms with Crippen molar-refractivity contribution < 1.29 is 22.7 Å². The molecule has 0 saturated heterocycles. The zero-order valence-corrected chi connectivity index (χ0v) is 20.9. The van der Waals surface area contributed by atoms with Gasteiger partial charge in [0, 0.05) is 19.7 Å². The predicted molar refractivity (Wildman–Crippen MR) is 129 cm³/mol. The van der Waals surface area contributed by atoms with Gasteiger partial charge in [-0.25, -0.2) is 9.67 Å². The third-order valence-electron chi connectivity index (χ3n) is 6.33. The SMILES string of the molecule is Cn1nc(C(F)(F)F)c2c(-c3cc(CCCCC(=O)OC(C)(C)C)cc(C4(C#N)CC4)c3)ccnc21. The van der Waals surface area contributed by atoms with E-state index in [0.29, 0.717) is 36.8 Å². The third-order valence-corrected chi connectivity index (χ3v) is 6.33. The Morgan fingerprint density at radius 3 is 2.53 bits per heavy atom. The highest BCUT2D eigenvalue weighted by Gasteiger charge is 2.45. The number of carbonyl (C=O) groups excluding carboxylic acids is 1. The molecule has 0 N–H and O–H groups in total. The monoisotopic (exact) mass is 498 g/mol. The van der Waals surface area contributed by atoms with Crippen molar-refractivity contribution in [1.82, 2.24) is 14.8 Å². The van der Waals surface area contributed by atoms with Crippen molar-refractivity contribution in [1.29, 1.82) is 5.26 Å². The zero-order valence-electron chi connectivity index (χ0n) is 20.9. The first-order valence-electron chi connectivity index (χ1n) is 12.0. The normalized spacial score (nSPS) is 15.1. The molecule has 1 aliphatic rings. The van der Waals surface area contributed by atoms with Crippen LogP contribution in [0.4, 0.5) is 13.2 Å². The molecule has 9 heteroatoms. The molecule has 1 aromatic carbocycles. The summed E-state index contributed by atoms with van der Waals surface area (Å²) in [7, 11) is 1.44. The fourth-order valence-corrected chi connectivity index (χ4v) is 4.47. The Morgan fingerprint density at radius 2 is 1.92 bits per heavy atom. The number of halogens is 3. The zero-order chi connectivity index (χ0) is 26.3. The lowest BCUT2D eigenvalue weighted by molar-refractivity contribution is -0.155. The predicted octanol–water partition coefficient (Wildman–Crippen LogP) is 6.26. The van der Waals surface area contributed by atoms with Gasteiger partial charge in [-0.15, -0.1) is 0 Å². The Balaban J connectivity index is 1.68. The maximum absolute atomic E-state index is 13.8. The van der Waals surface area contributed by atoms with Crippen LogP contribution in [-0.2, 0) is 34.6 Å². The first-order valence-corrected chi connectivity index (χ1v) is 12.0. The van der Waals surface area contributed by atoms with Crippen LogP contribution in [0.1, 0.15) is 69.7 Å². The van der Waals surface area contributed by atoms with Crippen LogP contribution in [0.15, 0.2) is 30.5 Å².